The van der Waals surface area contributed by atoms with Gasteiger partial charge in [-0.3, -0.25) is 4.79 Å². The molecule has 30 heavy (non-hydrogen) atoms. The van der Waals surface area contributed by atoms with Crippen molar-refractivity contribution in [1.82, 2.24) is 15.1 Å². The number of ether oxygens (including phenoxy) is 1. The molecule has 6 heteroatoms. The zero-order valence-corrected chi connectivity index (χ0v) is 17.8. The largest absolute Gasteiger partial charge is 0.449 e. The van der Waals surface area contributed by atoms with Gasteiger partial charge in [-0.2, -0.15) is 5.10 Å². The van der Waals surface area contributed by atoms with Crippen LogP contribution in [-0.4, -0.2) is 34.3 Å². The second kappa shape index (κ2) is 9.39. The Morgan fingerprint density at radius 2 is 1.60 bits per heavy atom. The molecule has 2 atom stereocenters. The Kier molecular flexibility index (Phi) is 6.67. The molecule has 0 saturated carbocycles. The van der Waals surface area contributed by atoms with E-state index in [0.717, 1.165) is 11.3 Å². The standard InChI is InChI=1S/C24H27N3O3/c1-16(20-11-7-5-8-12-20)15-25-23(28)19(4)30-24(29)22-17(2)26-27(18(22)3)21-13-9-6-10-14-21/h5-14,16,19H,15H2,1-4H3,(H,25,28)/t16-,19-/m1/s1. The summed E-state index contributed by atoms with van der Waals surface area (Å²) < 4.78 is 7.15. The molecule has 156 valence electrons. The van der Waals surface area contributed by atoms with Gasteiger partial charge in [0.25, 0.3) is 5.91 Å². The van der Waals surface area contributed by atoms with Crippen molar-refractivity contribution in [1.29, 1.82) is 0 Å². The van der Waals surface area contributed by atoms with Crippen LogP contribution in [0.25, 0.3) is 5.69 Å². The quantitative estimate of drug-likeness (QED) is 0.604. The number of aryl methyl sites for hydroxylation is 1. The second-order valence-electron chi connectivity index (χ2n) is 7.40. The molecule has 0 bridgehead atoms. The van der Waals surface area contributed by atoms with Gasteiger partial charge >= 0.3 is 5.97 Å². The number of benzene rings is 2. The minimum atomic E-state index is -0.903. The highest BCUT2D eigenvalue weighted by molar-refractivity contribution is 5.94. The van der Waals surface area contributed by atoms with Crippen molar-refractivity contribution in [3.05, 3.63) is 83.2 Å². The van der Waals surface area contributed by atoms with Crippen molar-refractivity contribution in [3.8, 4) is 5.69 Å². The summed E-state index contributed by atoms with van der Waals surface area (Å²) in [6.45, 7) is 7.66. The molecule has 0 aliphatic carbocycles. The van der Waals surface area contributed by atoms with E-state index in [2.05, 4.69) is 10.4 Å². The molecular weight excluding hydrogens is 378 g/mol. The maximum absolute atomic E-state index is 12.7. The number of esters is 1. The number of rotatable bonds is 7. The maximum atomic E-state index is 12.7. The van der Waals surface area contributed by atoms with Gasteiger partial charge in [0, 0.05) is 6.54 Å². The lowest BCUT2D eigenvalue weighted by Crippen LogP contribution is -2.37. The molecule has 3 rings (SSSR count). The Labute approximate surface area is 176 Å². The molecule has 0 radical (unpaired) electrons. The Hall–Kier alpha value is -3.41. The lowest BCUT2D eigenvalue weighted by Gasteiger charge is -2.17. The summed E-state index contributed by atoms with van der Waals surface area (Å²) in [5.74, 6) is -0.713. The molecule has 6 nitrogen and oxygen atoms in total. The fourth-order valence-electron chi connectivity index (χ4n) is 3.33. The minimum Gasteiger partial charge on any atom is -0.449 e. The summed E-state index contributed by atoms with van der Waals surface area (Å²) in [6, 6.07) is 19.5. The molecule has 3 aromatic rings. The van der Waals surface area contributed by atoms with E-state index in [4.69, 9.17) is 4.74 Å². The molecule has 0 spiro atoms. The Morgan fingerprint density at radius 1 is 1.00 bits per heavy atom. The van der Waals surface area contributed by atoms with Crippen molar-refractivity contribution < 1.29 is 14.3 Å². The third kappa shape index (κ3) is 4.76. The number of carbonyl (C=O) groups is 2. The van der Waals surface area contributed by atoms with Gasteiger partial charge in [0.1, 0.15) is 5.56 Å². The van der Waals surface area contributed by atoms with Crippen molar-refractivity contribution in [2.45, 2.75) is 39.7 Å². The monoisotopic (exact) mass is 405 g/mol. The van der Waals surface area contributed by atoms with Crippen LogP contribution in [-0.2, 0) is 9.53 Å². The van der Waals surface area contributed by atoms with Crippen LogP contribution in [0.2, 0.25) is 0 Å². The van der Waals surface area contributed by atoms with Crippen molar-refractivity contribution >= 4 is 11.9 Å². The molecular formula is C24H27N3O3. The van der Waals surface area contributed by atoms with E-state index in [0.29, 0.717) is 23.5 Å². The van der Waals surface area contributed by atoms with Crippen molar-refractivity contribution in [2.75, 3.05) is 6.54 Å². The fraction of sp³-hybridized carbons (Fsp3) is 0.292. The van der Waals surface area contributed by atoms with Gasteiger partial charge in [-0.05, 0) is 44.4 Å². The summed E-state index contributed by atoms with van der Waals surface area (Å²) in [6.07, 6.45) is -0.903. The van der Waals surface area contributed by atoms with Gasteiger partial charge in [-0.25, -0.2) is 9.48 Å². The van der Waals surface area contributed by atoms with E-state index in [-0.39, 0.29) is 11.8 Å². The summed E-state index contributed by atoms with van der Waals surface area (Å²) in [7, 11) is 0. The lowest BCUT2D eigenvalue weighted by molar-refractivity contribution is -0.129. The number of nitrogens with zero attached hydrogens (tertiary/aromatic N) is 2. The first kappa shape index (κ1) is 21.3. The number of nitrogens with one attached hydrogen (secondary N) is 1. The van der Waals surface area contributed by atoms with Gasteiger partial charge in [0.05, 0.1) is 17.1 Å². The van der Waals surface area contributed by atoms with Crippen LogP contribution in [0, 0.1) is 13.8 Å². The van der Waals surface area contributed by atoms with Crippen LogP contribution in [0.3, 0.4) is 0 Å². The topological polar surface area (TPSA) is 73.2 Å². The molecule has 0 unspecified atom stereocenters. The average Bonchev–Trinajstić information content (AvgIpc) is 3.06. The predicted octanol–water partition coefficient (Wildman–Crippen LogP) is 3.95. The third-order valence-corrected chi connectivity index (χ3v) is 5.10. The molecule has 0 saturated heterocycles. The van der Waals surface area contributed by atoms with Crippen LogP contribution >= 0.6 is 0 Å². The summed E-state index contributed by atoms with van der Waals surface area (Å²) in [5.41, 5.74) is 3.62. The van der Waals surface area contributed by atoms with Gasteiger partial charge < -0.3 is 10.1 Å². The molecule has 1 heterocycles. The summed E-state index contributed by atoms with van der Waals surface area (Å²) in [4.78, 5) is 25.2. The predicted molar refractivity (Wildman–Crippen MR) is 116 cm³/mol. The van der Waals surface area contributed by atoms with Crippen molar-refractivity contribution in [3.63, 3.8) is 0 Å². The number of hydrogen-bond acceptors (Lipinski definition) is 4. The van der Waals surface area contributed by atoms with E-state index in [1.54, 1.807) is 18.5 Å². The molecule has 0 aliphatic heterocycles. The minimum absolute atomic E-state index is 0.159. The van der Waals surface area contributed by atoms with Crippen LogP contribution in [0.4, 0.5) is 0 Å². The Morgan fingerprint density at radius 3 is 2.23 bits per heavy atom. The molecule has 0 fully saturated rings. The lowest BCUT2D eigenvalue weighted by atomic mass is 10.0. The molecule has 0 aliphatic rings. The highest BCUT2D eigenvalue weighted by atomic mass is 16.5. The number of aromatic nitrogens is 2. The van der Waals surface area contributed by atoms with E-state index >= 15 is 0 Å². The first-order valence-electron chi connectivity index (χ1n) is 10.0. The van der Waals surface area contributed by atoms with Gasteiger partial charge in [0.15, 0.2) is 6.10 Å². The average molecular weight is 405 g/mol. The van der Waals surface area contributed by atoms with E-state index in [1.807, 2.05) is 74.5 Å². The van der Waals surface area contributed by atoms with E-state index < -0.39 is 12.1 Å². The Bertz CT molecular complexity index is 1010. The molecule has 2 aromatic carbocycles. The molecule has 1 aromatic heterocycles. The highest BCUT2D eigenvalue weighted by Crippen LogP contribution is 2.19. The van der Waals surface area contributed by atoms with Gasteiger partial charge in [-0.1, -0.05) is 55.5 Å². The van der Waals surface area contributed by atoms with Crippen LogP contribution in [0.1, 0.15) is 47.1 Å². The fourth-order valence-corrected chi connectivity index (χ4v) is 3.33. The first-order chi connectivity index (χ1) is 14.4. The SMILES string of the molecule is Cc1nn(-c2ccccc2)c(C)c1C(=O)O[C@H](C)C(=O)NC[C@@H](C)c1ccccc1. The van der Waals surface area contributed by atoms with Crippen molar-refractivity contribution in [2.24, 2.45) is 0 Å². The van der Waals surface area contributed by atoms with Crippen LogP contribution < -0.4 is 5.32 Å². The molecule has 1 N–H and O–H groups in total. The van der Waals surface area contributed by atoms with Gasteiger partial charge in [-0.15, -0.1) is 0 Å². The van der Waals surface area contributed by atoms with E-state index in [9.17, 15) is 9.59 Å². The van der Waals surface area contributed by atoms with Gasteiger partial charge in [0.2, 0.25) is 0 Å². The number of hydrogen-bond donors (Lipinski definition) is 1. The first-order valence-corrected chi connectivity index (χ1v) is 10.0. The number of para-hydroxylation sites is 1. The highest BCUT2D eigenvalue weighted by Gasteiger charge is 2.25. The third-order valence-electron chi connectivity index (χ3n) is 5.10. The maximum Gasteiger partial charge on any atom is 0.342 e. The Balaban J connectivity index is 1.63. The number of carbonyl (C=O) groups excluding carboxylic acids is 2. The zero-order chi connectivity index (χ0) is 21.7. The van der Waals surface area contributed by atoms with Crippen LogP contribution in [0.5, 0.6) is 0 Å². The number of amides is 1. The zero-order valence-electron chi connectivity index (χ0n) is 17.8. The van der Waals surface area contributed by atoms with Crippen LogP contribution in [0.15, 0.2) is 60.7 Å². The molecule has 1 amide bonds. The van der Waals surface area contributed by atoms with E-state index in [1.165, 1.54) is 0 Å². The smallest absolute Gasteiger partial charge is 0.342 e. The normalized spacial score (nSPS) is 12.8. The summed E-state index contributed by atoms with van der Waals surface area (Å²) in [5, 5.41) is 7.32. The summed E-state index contributed by atoms with van der Waals surface area (Å²) >= 11 is 0. The second-order valence-corrected chi connectivity index (χ2v) is 7.40.